The Balaban J connectivity index is 1.10. The average molecular weight is 557 g/mol. The van der Waals surface area contributed by atoms with E-state index in [2.05, 4.69) is 53.5 Å². The molecular formula is C34H40N2O3S. The van der Waals surface area contributed by atoms with E-state index >= 15 is 0 Å². The highest BCUT2D eigenvalue weighted by molar-refractivity contribution is 7.99. The Morgan fingerprint density at radius 1 is 0.800 bits per heavy atom. The summed E-state index contributed by atoms with van der Waals surface area (Å²) in [6.07, 6.45) is 7.03. The highest BCUT2D eigenvalue weighted by atomic mass is 32.2. The molecule has 0 unspecified atom stereocenters. The molecule has 0 fully saturated rings. The molecule has 0 spiro atoms. The van der Waals surface area contributed by atoms with E-state index in [-0.39, 0.29) is 5.97 Å². The zero-order valence-corrected chi connectivity index (χ0v) is 24.4. The van der Waals surface area contributed by atoms with Crippen LogP contribution in [0.2, 0.25) is 0 Å². The molecule has 1 N–H and O–H groups in total. The van der Waals surface area contributed by atoms with E-state index in [1.807, 2.05) is 38.1 Å². The summed E-state index contributed by atoms with van der Waals surface area (Å²) < 4.78 is 11.1. The van der Waals surface area contributed by atoms with Crippen LogP contribution in [0.25, 0.3) is 22.5 Å². The van der Waals surface area contributed by atoms with Crippen molar-refractivity contribution in [1.82, 2.24) is 9.97 Å². The van der Waals surface area contributed by atoms with Gasteiger partial charge in [0, 0.05) is 16.9 Å². The van der Waals surface area contributed by atoms with Crippen LogP contribution >= 0.6 is 11.8 Å². The second-order valence-electron chi connectivity index (χ2n) is 10.3. The lowest BCUT2D eigenvalue weighted by Gasteiger charge is -2.09. The molecule has 0 atom stereocenters. The van der Waals surface area contributed by atoms with Gasteiger partial charge in [-0.3, -0.25) is 0 Å². The molecule has 0 aliphatic rings. The number of benzene rings is 3. The molecule has 0 amide bonds. The molecular weight excluding hydrogens is 516 g/mol. The molecule has 1 aromatic heterocycles. The average Bonchev–Trinajstić information content (AvgIpc) is 3.42. The van der Waals surface area contributed by atoms with Gasteiger partial charge in [-0.2, -0.15) is 0 Å². The standard InChI is InChI=1S/C34H40N2O3S/c1-26(2)25-39-33(37)29-19-21-30(22-20-29)38-23-13-5-3-4-6-14-24-40-34-35-31(27-15-9-7-10-16-27)32(36-34)28-17-11-8-12-18-28/h7-12,15-22,26H,3-6,13-14,23-25H2,1-2H3,(H,35,36). The highest BCUT2D eigenvalue weighted by Gasteiger charge is 2.14. The molecule has 0 saturated heterocycles. The zero-order valence-electron chi connectivity index (χ0n) is 23.6. The molecule has 0 aliphatic heterocycles. The Hall–Kier alpha value is -3.51. The van der Waals surface area contributed by atoms with Crippen molar-refractivity contribution >= 4 is 17.7 Å². The summed E-state index contributed by atoms with van der Waals surface area (Å²) in [4.78, 5) is 20.5. The Bertz CT molecular complexity index is 1230. The summed E-state index contributed by atoms with van der Waals surface area (Å²) in [7, 11) is 0. The van der Waals surface area contributed by atoms with Crippen LogP contribution in [0.4, 0.5) is 0 Å². The number of unbranched alkanes of at least 4 members (excludes halogenated alkanes) is 5. The minimum Gasteiger partial charge on any atom is -0.494 e. The molecule has 4 rings (SSSR count). The van der Waals surface area contributed by atoms with Crippen molar-refractivity contribution in [2.45, 2.75) is 57.5 Å². The van der Waals surface area contributed by atoms with Crippen molar-refractivity contribution in [3.8, 4) is 28.3 Å². The first kappa shape index (κ1) is 29.5. The van der Waals surface area contributed by atoms with Gasteiger partial charge in [0.15, 0.2) is 5.16 Å². The smallest absolute Gasteiger partial charge is 0.338 e. The third kappa shape index (κ3) is 9.30. The molecule has 3 aromatic carbocycles. The Kier molecular flexibility index (Phi) is 11.7. The van der Waals surface area contributed by atoms with Gasteiger partial charge in [-0.05, 0) is 43.0 Å². The minimum atomic E-state index is -0.281. The SMILES string of the molecule is CC(C)COC(=O)c1ccc(OCCCCCCCCSc2nc(-c3ccccc3)c(-c3ccccc3)[nH]2)cc1. The van der Waals surface area contributed by atoms with Crippen LogP contribution < -0.4 is 4.74 Å². The largest absolute Gasteiger partial charge is 0.494 e. The Morgan fingerprint density at radius 2 is 1.43 bits per heavy atom. The first-order valence-corrected chi connectivity index (χ1v) is 15.3. The van der Waals surface area contributed by atoms with Crippen LogP contribution in [0.3, 0.4) is 0 Å². The van der Waals surface area contributed by atoms with Crippen LogP contribution in [0.5, 0.6) is 5.75 Å². The van der Waals surface area contributed by atoms with Crippen molar-refractivity contribution in [3.05, 3.63) is 90.5 Å². The number of hydrogen-bond donors (Lipinski definition) is 1. The monoisotopic (exact) mass is 556 g/mol. The van der Waals surface area contributed by atoms with E-state index in [9.17, 15) is 4.79 Å². The van der Waals surface area contributed by atoms with E-state index in [4.69, 9.17) is 14.5 Å². The van der Waals surface area contributed by atoms with Crippen LogP contribution in [-0.2, 0) is 4.74 Å². The molecule has 40 heavy (non-hydrogen) atoms. The van der Waals surface area contributed by atoms with Gasteiger partial charge in [-0.15, -0.1) is 0 Å². The summed E-state index contributed by atoms with van der Waals surface area (Å²) in [5.41, 5.74) is 4.94. The zero-order chi connectivity index (χ0) is 28.0. The lowest BCUT2D eigenvalue weighted by molar-refractivity contribution is 0.0459. The molecule has 210 valence electrons. The quantitative estimate of drug-likeness (QED) is 0.0847. The van der Waals surface area contributed by atoms with Gasteiger partial charge in [-0.1, -0.05) is 112 Å². The Labute approximate surface area is 242 Å². The van der Waals surface area contributed by atoms with Crippen molar-refractivity contribution in [3.63, 3.8) is 0 Å². The third-order valence-corrected chi connectivity index (χ3v) is 7.44. The van der Waals surface area contributed by atoms with Crippen LogP contribution in [0.15, 0.2) is 90.1 Å². The van der Waals surface area contributed by atoms with Crippen molar-refractivity contribution < 1.29 is 14.3 Å². The second-order valence-corrected chi connectivity index (χ2v) is 11.4. The summed E-state index contributed by atoms with van der Waals surface area (Å²) in [6.45, 7) is 5.17. The van der Waals surface area contributed by atoms with E-state index in [1.165, 1.54) is 25.7 Å². The van der Waals surface area contributed by atoms with E-state index in [1.54, 1.807) is 23.9 Å². The number of rotatable bonds is 16. The lowest BCUT2D eigenvalue weighted by atomic mass is 10.1. The van der Waals surface area contributed by atoms with Gasteiger partial charge < -0.3 is 14.5 Å². The molecule has 0 radical (unpaired) electrons. The van der Waals surface area contributed by atoms with Gasteiger partial charge in [0.2, 0.25) is 0 Å². The van der Waals surface area contributed by atoms with E-state index < -0.39 is 0 Å². The summed E-state index contributed by atoms with van der Waals surface area (Å²) in [6, 6.07) is 28.0. The van der Waals surface area contributed by atoms with Gasteiger partial charge in [-0.25, -0.2) is 9.78 Å². The number of ether oxygens (including phenoxy) is 2. The number of thioether (sulfide) groups is 1. The molecule has 6 heteroatoms. The fourth-order valence-electron chi connectivity index (χ4n) is 4.32. The number of carbonyl (C=O) groups excluding carboxylic acids is 1. The number of nitrogens with zero attached hydrogens (tertiary/aromatic N) is 1. The predicted octanol–water partition coefficient (Wildman–Crippen LogP) is 9.07. The highest BCUT2D eigenvalue weighted by Crippen LogP contribution is 2.32. The number of aromatic amines is 1. The number of nitrogens with one attached hydrogen (secondary N) is 1. The Morgan fingerprint density at radius 3 is 2.10 bits per heavy atom. The fourth-order valence-corrected chi connectivity index (χ4v) is 5.19. The number of imidazole rings is 1. The molecule has 1 heterocycles. The lowest BCUT2D eigenvalue weighted by Crippen LogP contribution is -2.10. The van der Waals surface area contributed by atoms with Crippen molar-refractivity contribution in [1.29, 1.82) is 0 Å². The maximum absolute atomic E-state index is 12.0. The molecule has 0 saturated carbocycles. The van der Waals surface area contributed by atoms with E-state index in [0.717, 1.165) is 52.0 Å². The molecule has 0 bridgehead atoms. The molecule has 0 aliphatic carbocycles. The van der Waals surface area contributed by atoms with Crippen LogP contribution in [-0.4, -0.2) is 34.9 Å². The van der Waals surface area contributed by atoms with Crippen molar-refractivity contribution in [2.24, 2.45) is 5.92 Å². The number of esters is 1. The first-order chi connectivity index (χ1) is 19.6. The third-order valence-electron chi connectivity index (χ3n) is 6.48. The topological polar surface area (TPSA) is 64.2 Å². The summed E-state index contributed by atoms with van der Waals surface area (Å²) in [5.74, 6) is 1.90. The maximum Gasteiger partial charge on any atom is 0.338 e. The number of H-pyrrole nitrogens is 1. The normalized spacial score (nSPS) is 11.1. The van der Waals surface area contributed by atoms with Crippen LogP contribution in [0.1, 0.15) is 62.7 Å². The number of hydrogen-bond acceptors (Lipinski definition) is 5. The van der Waals surface area contributed by atoms with E-state index in [0.29, 0.717) is 24.7 Å². The van der Waals surface area contributed by atoms with Gasteiger partial charge in [0.25, 0.3) is 0 Å². The fraction of sp³-hybridized carbons (Fsp3) is 0.353. The molecule has 5 nitrogen and oxygen atoms in total. The number of carbonyl (C=O) groups is 1. The second kappa shape index (κ2) is 15.9. The van der Waals surface area contributed by atoms with Gasteiger partial charge >= 0.3 is 5.97 Å². The van der Waals surface area contributed by atoms with Crippen molar-refractivity contribution in [2.75, 3.05) is 19.0 Å². The van der Waals surface area contributed by atoms with Gasteiger partial charge in [0.05, 0.1) is 30.2 Å². The van der Waals surface area contributed by atoms with Gasteiger partial charge in [0.1, 0.15) is 5.75 Å². The summed E-state index contributed by atoms with van der Waals surface area (Å²) in [5, 5.41) is 0.982. The number of aromatic nitrogens is 2. The molecule has 4 aromatic rings. The summed E-state index contributed by atoms with van der Waals surface area (Å²) >= 11 is 1.81. The maximum atomic E-state index is 12.0. The minimum absolute atomic E-state index is 0.281. The predicted molar refractivity (Wildman–Crippen MR) is 165 cm³/mol. The van der Waals surface area contributed by atoms with Crippen LogP contribution in [0, 0.1) is 5.92 Å². The first-order valence-electron chi connectivity index (χ1n) is 14.3.